The van der Waals surface area contributed by atoms with Crippen LogP contribution in [0.5, 0.6) is 0 Å². The Hall–Kier alpha value is -2.83. The van der Waals surface area contributed by atoms with Crippen LogP contribution in [-0.2, 0) is 0 Å². The van der Waals surface area contributed by atoms with Gasteiger partial charge in [-0.2, -0.15) is 5.10 Å². The van der Waals surface area contributed by atoms with E-state index in [2.05, 4.69) is 43.2 Å². The van der Waals surface area contributed by atoms with E-state index in [0.717, 1.165) is 35.0 Å². The summed E-state index contributed by atoms with van der Waals surface area (Å²) in [5.41, 5.74) is 7.97. The number of hydrogen-bond donors (Lipinski definition) is 3. The lowest BCUT2D eigenvalue weighted by Crippen LogP contribution is -2.32. The zero-order chi connectivity index (χ0) is 22.9. The maximum Gasteiger partial charge on any atom is 0.256 e. The first-order valence-corrected chi connectivity index (χ1v) is 11.7. The first-order valence-electron chi connectivity index (χ1n) is 10.6. The van der Waals surface area contributed by atoms with Crippen molar-refractivity contribution in [2.75, 3.05) is 24.1 Å². The van der Waals surface area contributed by atoms with E-state index in [1.165, 1.54) is 6.07 Å². The zero-order valence-electron chi connectivity index (χ0n) is 18.0. The standard InChI is InChI=1S/C23H21FIN7O.ClH/c24-16-10-13(23(33)30-18-5-1-2-9-28-18)6-7-15(16)20-19-21(17(25)12-29-22(19)26)32(31-20)14-4-3-8-27-11-14;/h1-2,5-7,9-10,12,14,27H,3-4,8,11H2,(H2,26,29)(H,28,30,33);1H. The third kappa shape index (κ3) is 4.57. The molecule has 1 fully saturated rings. The van der Waals surface area contributed by atoms with Gasteiger partial charge in [-0.3, -0.25) is 9.48 Å². The minimum atomic E-state index is -0.560. The van der Waals surface area contributed by atoms with Gasteiger partial charge in [-0.25, -0.2) is 14.4 Å². The number of aromatic nitrogens is 4. The lowest BCUT2D eigenvalue weighted by Gasteiger charge is -2.24. The molecule has 176 valence electrons. The predicted octanol–water partition coefficient (Wildman–Crippen LogP) is 4.42. The molecule has 0 bridgehead atoms. The second-order valence-corrected chi connectivity index (χ2v) is 9.03. The maximum absolute atomic E-state index is 15.3. The first-order chi connectivity index (χ1) is 16.0. The lowest BCUT2D eigenvalue weighted by molar-refractivity contribution is 0.102. The average molecular weight is 594 g/mol. The van der Waals surface area contributed by atoms with Crippen LogP contribution in [0.2, 0.25) is 0 Å². The van der Waals surface area contributed by atoms with Crippen LogP contribution in [0.3, 0.4) is 0 Å². The number of piperidine rings is 1. The minimum absolute atomic E-state index is 0. The molecule has 0 spiro atoms. The number of halogens is 3. The van der Waals surface area contributed by atoms with Crippen LogP contribution in [0.15, 0.2) is 48.8 Å². The van der Waals surface area contributed by atoms with E-state index in [9.17, 15) is 4.79 Å². The van der Waals surface area contributed by atoms with Gasteiger partial charge in [-0.05, 0) is 72.3 Å². The van der Waals surface area contributed by atoms with Gasteiger partial charge in [-0.1, -0.05) is 6.07 Å². The summed E-state index contributed by atoms with van der Waals surface area (Å²) in [6.45, 7) is 1.75. The van der Waals surface area contributed by atoms with Crippen molar-refractivity contribution in [3.8, 4) is 11.3 Å². The highest BCUT2D eigenvalue weighted by atomic mass is 127. The van der Waals surface area contributed by atoms with Gasteiger partial charge in [0.2, 0.25) is 0 Å². The number of amides is 1. The van der Waals surface area contributed by atoms with Gasteiger partial charge in [0, 0.05) is 30.1 Å². The van der Waals surface area contributed by atoms with Gasteiger partial charge < -0.3 is 16.4 Å². The van der Waals surface area contributed by atoms with Crippen molar-refractivity contribution in [2.24, 2.45) is 0 Å². The number of anilines is 2. The number of carbonyl (C=O) groups excluding carboxylic acids is 1. The van der Waals surface area contributed by atoms with E-state index >= 15 is 4.39 Å². The van der Waals surface area contributed by atoms with Crippen molar-refractivity contribution < 1.29 is 9.18 Å². The van der Waals surface area contributed by atoms with Gasteiger partial charge in [0.15, 0.2) is 0 Å². The SMILES string of the molecule is Cl.Nc1ncc(I)c2c1c(-c1ccc(C(=O)Nc3ccccn3)cc1F)nn2C1CCCNC1. The molecule has 8 nitrogen and oxygen atoms in total. The summed E-state index contributed by atoms with van der Waals surface area (Å²) in [6, 6.07) is 9.65. The highest BCUT2D eigenvalue weighted by Crippen LogP contribution is 2.37. The Morgan fingerprint density at radius 3 is 2.82 bits per heavy atom. The summed E-state index contributed by atoms with van der Waals surface area (Å²) in [4.78, 5) is 20.9. The Balaban J connectivity index is 0.00000274. The molecule has 5 rings (SSSR count). The number of nitrogens with zero attached hydrogens (tertiary/aromatic N) is 4. The molecule has 1 aromatic carbocycles. The molecule has 34 heavy (non-hydrogen) atoms. The molecular formula is C23H22ClFIN7O. The third-order valence-corrected chi connectivity index (χ3v) is 6.51. The molecule has 1 unspecified atom stereocenters. The van der Waals surface area contributed by atoms with Crippen molar-refractivity contribution in [3.63, 3.8) is 0 Å². The molecule has 1 aliphatic heterocycles. The van der Waals surface area contributed by atoms with Crippen LogP contribution in [0.1, 0.15) is 29.2 Å². The smallest absolute Gasteiger partial charge is 0.256 e. The lowest BCUT2D eigenvalue weighted by atomic mass is 10.0. The Labute approximate surface area is 215 Å². The second-order valence-electron chi connectivity index (χ2n) is 7.87. The van der Waals surface area contributed by atoms with E-state index in [4.69, 9.17) is 10.8 Å². The summed E-state index contributed by atoms with van der Waals surface area (Å²) >= 11 is 2.21. The number of nitrogen functional groups attached to an aromatic ring is 1. The minimum Gasteiger partial charge on any atom is -0.383 e. The molecule has 4 N–H and O–H groups in total. The van der Waals surface area contributed by atoms with E-state index in [-0.39, 0.29) is 29.6 Å². The third-order valence-electron chi connectivity index (χ3n) is 5.72. The fourth-order valence-corrected chi connectivity index (χ4v) is 4.78. The number of rotatable bonds is 4. The average Bonchev–Trinajstić information content (AvgIpc) is 3.24. The number of nitrogens with two attached hydrogens (primary N) is 1. The molecule has 4 aromatic rings. The molecular weight excluding hydrogens is 572 g/mol. The molecule has 11 heteroatoms. The Bertz CT molecular complexity index is 1340. The first kappa shape index (κ1) is 24.3. The molecule has 1 amide bonds. The highest BCUT2D eigenvalue weighted by molar-refractivity contribution is 14.1. The molecule has 0 aliphatic carbocycles. The van der Waals surface area contributed by atoms with Crippen molar-refractivity contribution in [3.05, 3.63) is 63.7 Å². The van der Waals surface area contributed by atoms with E-state index < -0.39 is 11.7 Å². The Morgan fingerprint density at radius 1 is 1.26 bits per heavy atom. The Kier molecular flexibility index (Phi) is 7.29. The van der Waals surface area contributed by atoms with E-state index in [1.807, 2.05) is 4.68 Å². The fourth-order valence-electron chi connectivity index (χ4n) is 4.13. The van der Waals surface area contributed by atoms with Gasteiger partial charge in [0.05, 0.1) is 20.5 Å². The molecule has 1 atom stereocenters. The molecule has 3 aromatic heterocycles. The summed E-state index contributed by atoms with van der Waals surface area (Å²) in [5, 5.41) is 11.5. The van der Waals surface area contributed by atoms with E-state index in [0.29, 0.717) is 22.7 Å². The number of nitrogens with one attached hydrogen (secondary N) is 2. The van der Waals surface area contributed by atoms with Crippen molar-refractivity contribution in [1.29, 1.82) is 0 Å². The van der Waals surface area contributed by atoms with Crippen LogP contribution in [0.25, 0.3) is 22.2 Å². The number of hydrogen-bond acceptors (Lipinski definition) is 6. The van der Waals surface area contributed by atoms with Gasteiger partial charge in [0.25, 0.3) is 5.91 Å². The van der Waals surface area contributed by atoms with Crippen molar-refractivity contribution >= 4 is 63.4 Å². The highest BCUT2D eigenvalue weighted by Gasteiger charge is 2.26. The molecule has 1 saturated heterocycles. The molecule has 0 saturated carbocycles. The largest absolute Gasteiger partial charge is 0.383 e. The van der Waals surface area contributed by atoms with Crippen LogP contribution in [0.4, 0.5) is 16.0 Å². The molecule has 1 aliphatic rings. The van der Waals surface area contributed by atoms with Gasteiger partial charge in [-0.15, -0.1) is 12.4 Å². The van der Waals surface area contributed by atoms with Crippen LogP contribution >= 0.6 is 35.0 Å². The zero-order valence-corrected chi connectivity index (χ0v) is 20.9. The van der Waals surface area contributed by atoms with E-state index in [1.54, 1.807) is 42.7 Å². The van der Waals surface area contributed by atoms with Crippen molar-refractivity contribution in [2.45, 2.75) is 18.9 Å². The number of benzene rings is 1. The van der Waals surface area contributed by atoms with Crippen molar-refractivity contribution in [1.82, 2.24) is 25.1 Å². The number of pyridine rings is 2. The molecule has 4 heterocycles. The molecule has 0 radical (unpaired) electrons. The van der Waals surface area contributed by atoms with Crippen LogP contribution in [-0.4, -0.2) is 38.7 Å². The summed E-state index contributed by atoms with van der Waals surface area (Å²) in [6.07, 6.45) is 5.28. The number of fused-ring (bicyclic) bond motifs is 1. The Morgan fingerprint density at radius 2 is 2.12 bits per heavy atom. The summed E-state index contributed by atoms with van der Waals surface area (Å²) in [5.74, 6) is -0.313. The van der Waals surface area contributed by atoms with Gasteiger partial charge >= 0.3 is 0 Å². The van der Waals surface area contributed by atoms with Gasteiger partial charge in [0.1, 0.15) is 23.1 Å². The summed E-state index contributed by atoms with van der Waals surface area (Å²) in [7, 11) is 0. The normalized spacial score (nSPS) is 15.6. The van der Waals surface area contributed by atoms with Crippen LogP contribution < -0.4 is 16.4 Å². The number of carbonyl (C=O) groups is 1. The van der Waals surface area contributed by atoms with Crippen LogP contribution in [0, 0.1) is 9.39 Å². The monoisotopic (exact) mass is 593 g/mol. The fraction of sp³-hybridized carbons (Fsp3) is 0.217. The summed E-state index contributed by atoms with van der Waals surface area (Å²) < 4.78 is 18.2. The predicted molar refractivity (Wildman–Crippen MR) is 141 cm³/mol. The topological polar surface area (TPSA) is 111 Å². The maximum atomic E-state index is 15.3. The quantitative estimate of drug-likeness (QED) is 0.302. The second kappa shape index (κ2) is 10.2.